The summed E-state index contributed by atoms with van der Waals surface area (Å²) in [5, 5.41) is 0. The van der Waals surface area contributed by atoms with Crippen molar-refractivity contribution in [2.24, 2.45) is 0 Å². The van der Waals surface area contributed by atoms with Gasteiger partial charge in [-0.25, -0.2) is 9.97 Å². The minimum atomic E-state index is 0.284. The van der Waals surface area contributed by atoms with Gasteiger partial charge in [0.1, 0.15) is 5.75 Å². The van der Waals surface area contributed by atoms with Crippen LogP contribution >= 0.6 is 0 Å². The van der Waals surface area contributed by atoms with Crippen molar-refractivity contribution in [1.29, 1.82) is 0 Å². The molecule has 0 aliphatic heterocycles. The highest BCUT2D eigenvalue weighted by Crippen LogP contribution is 2.24. The smallest absolute Gasteiger partial charge is 0.322 e. The van der Waals surface area contributed by atoms with Gasteiger partial charge in [0.25, 0.3) is 0 Å². The van der Waals surface area contributed by atoms with E-state index < -0.39 is 0 Å². The highest BCUT2D eigenvalue weighted by molar-refractivity contribution is 5.63. The molecule has 3 aromatic rings. The molecule has 3 rings (SSSR count). The molecule has 0 saturated carbocycles. The molecule has 0 aliphatic rings. The first-order valence-corrected chi connectivity index (χ1v) is 6.22. The van der Waals surface area contributed by atoms with Gasteiger partial charge in [-0.1, -0.05) is 42.5 Å². The topological polar surface area (TPSA) is 61.0 Å². The van der Waals surface area contributed by atoms with Gasteiger partial charge in [-0.15, -0.1) is 0 Å². The second kappa shape index (κ2) is 5.40. The van der Waals surface area contributed by atoms with E-state index in [9.17, 15) is 0 Å². The molecule has 4 heteroatoms. The van der Waals surface area contributed by atoms with Crippen molar-refractivity contribution in [3.8, 4) is 22.9 Å². The second-order valence-corrected chi connectivity index (χ2v) is 4.29. The summed E-state index contributed by atoms with van der Waals surface area (Å²) in [6, 6.07) is 18.2. The number of anilines is 1. The number of nitrogen functional groups attached to an aromatic ring is 1. The van der Waals surface area contributed by atoms with E-state index in [4.69, 9.17) is 10.5 Å². The zero-order valence-corrected chi connectivity index (χ0v) is 10.7. The van der Waals surface area contributed by atoms with Crippen LogP contribution < -0.4 is 10.5 Å². The van der Waals surface area contributed by atoms with E-state index >= 15 is 0 Å². The molecule has 0 saturated heterocycles. The van der Waals surface area contributed by atoms with Gasteiger partial charge >= 0.3 is 6.01 Å². The summed E-state index contributed by atoms with van der Waals surface area (Å²) < 4.78 is 5.55. The lowest BCUT2D eigenvalue weighted by Crippen LogP contribution is -1.93. The van der Waals surface area contributed by atoms with Gasteiger partial charge in [-0.2, -0.15) is 0 Å². The molecule has 1 heterocycles. The molecule has 0 amide bonds. The summed E-state index contributed by atoms with van der Waals surface area (Å²) in [6.07, 6.45) is 3.03. The van der Waals surface area contributed by atoms with Gasteiger partial charge < -0.3 is 10.5 Å². The monoisotopic (exact) mass is 263 g/mol. The van der Waals surface area contributed by atoms with E-state index in [1.165, 1.54) is 18.0 Å². The lowest BCUT2D eigenvalue weighted by atomic mass is 10.1. The summed E-state index contributed by atoms with van der Waals surface area (Å²) in [5.41, 5.74) is 8.34. The molecule has 2 N–H and O–H groups in total. The molecule has 0 aliphatic carbocycles. The fourth-order valence-corrected chi connectivity index (χ4v) is 1.83. The largest absolute Gasteiger partial charge is 0.424 e. The third-order valence-electron chi connectivity index (χ3n) is 2.82. The lowest BCUT2D eigenvalue weighted by molar-refractivity contribution is 0.442. The Morgan fingerprint density at radius 2 is 1.35 bits per heavy atom. The average Bonchev–Trinajstić information content (AvgIpc) is 2.51. The fraction of sp³-hybridized carbons (Fsp3) is 0. The number of benzene rings is 2. The van der Waals surface area contributed by atoms with Crippen molar-refractivity contribution in [2.75, 3.05) is 5.73 Å². The molecule has 98 valence electrons. The summed E-state index contributed by atoms with van der Waals surface area (Å²) in [5.74, 6) is 0.689. The van der Waals surface area contributed by atoms with Gasteiger partial charge in [-0.3, -0.25) is 0 Å². The maximum atomic E-state index is 5.55. The van der Waals surface area contributed by atoms with Crippen LogP contribution in [0.4, 0.5) is 5.69 Å². The number of nitrogens with zero attached hydrogens (tertiary/aromatic N) is 2. The molecule has 0 atom stereocenters. The van der Waals surface area contributed by atoms with Crippen LogP contribution in [0, 0.1) is 0 Å². The van der Waals surface area contributed by atoms with Gasteiger partial charge in [-0.05, 0) is 23.3 Å². The van der Waals surface area contributed by atoms with E-state index in [1.54, 1.807) is 0 Å². The summed E-state index contributed by atoms with van der Waals surface area (Å²) in [7, 11) is 0. The summed E-state index contributed by atoms with van der Waals surface area (Å²) in [4.78, 5) is 7.99. The minimum Gasteiger partial charge on any atom is -0.424 e. The molecular weight excluding hydrogens is 250 g/mol. The Hall–Kier alpha value is -2.88. The first kappa shape index (κ1) is 12.2. The Balaban J connectivity index is 1.78. The van der Waals surface area contributed by atoms with Crippen LogP contribution in [0.1, 0.15) is 0 Å². The predicted molar refractivity (Wildman–Crippen MR) is 78.4 cm³/mol. The Kier molecular flexibility index (Phi) is 3.29. The Morgan fingerprint density at radius 3 is 2.00 bits per heavy atom. The predicted octanol–water partition coefficient (Wildman–Crippen LogP) is 3.52. The highest BCUT2D eigenvalue weighted by atomic mass is 16.5. The molecule has 0 radical (unpaired) electrons. The van der Waals surface area contributed by atoms with Crippen molar-refractivity contribution in [1.82, 2.24) is 9.97 Å². The third-order valence-corrected chi connectivity index (χ3v) is 2.82. The van der Waals surface area contributed by atoms with E-state index in [-0.39, 0.29) is 6.01 Å². The van der Waals surface area contributed by atoms with Crippen molar-refractivity contribution in [3.63, 3.8) is 0 Å². The molecule has 0 unspecified atom stereocenters. The summed E-state index contributed by atoms with van der Waals surface area (Å²) >= 11 is 0. The van der Waals surface area contributed by atoms with Crippen LogP contribution in [0.5, 0.6) is 11.8 Å². The van der Waals surface area contributed by atoms with Gasteiger partial charge in [0.2, 0.25) is 0 Å². The number of hydrogen-bond acceptors (Lipinski definition) is 4. The number of aromatic nitrogens is 2. The van der Waals surface area contributed by atoms with Gasteiger partial charge in [0.15, 0.2) is 0 Å². The van der Waals surface area contributed by atoms with Crippen LogP contribution in [0.25, 0.3) is 11.1 Å². The van der Waals surface area contributed by atoms with Gasteiger partial charge in [0, 0.05) is 0 Å². The lowest BCUT2D eigenvalue weighted by Gasteiger charge is -2.05. The SMILES string of the molecule is Nc1cnc(Oc2ccc(-c3ccccc3)cc2)nc1. The number of ether oxygens (including phenoxy) is 1. The minimum absolute atomic E-state index is 0.284. The van der Waals surface area contributed by atoms with Crippen LogP contribution in [-0.2, 0) is 0 Å². The molecule has 0 fully saturated rings. The van der Waals surface area contributed by atoms with Crippen molar-refractivity contribution in [3.05, 3.63) is 67.0 Å². The maximum Gasteiger partial charge on any atom is 0.322 e. The van der Waals surface area contributed by atoms with Crippen molar-refractivity contribution < 1.29 is 4.74 Å². The Morgan fingerprint density at radius 1 is 0.750 bits per heavy atom. The zero-order chi connectivity index (χ0) is 13.8. The summed E-state index contributed by atoms with van der Waals surface area (Å²) in [6.45, 7) is 0. The van der Waals surface area contributed by atoms with Crippen molar-refractivity contribution >= 4 is 5.69 Å². The first-order chi connectivity index (χ1) is 9.81. The second-order valence-electron chi connectivity index (χ2n) is 4.29. The quantitative estimate of drug-likeness (QED) is 0.785. The maximum absolute atomic E-state index is 5.55. The van der Waals surface area contributed by atoms with Crippen LogP contribution in [0.2, 0.25) is 0 Å². The van der Waals surface area contributed by atoms with E-state index in [0.29, 0.717) is 11.4 Å². The van der Waals surface area contributed by atoms with E-state index in [2.05, 4.69) is 22.1 Å². The van der Waals surface area contributed by atoms with Crippen LogP contribution in [-0.4, -0.2) is 9.97 Å². The van der Waals surface area contributed by atoms with Crippen LogP contribution in [0.3, 0.4) is 0 Å². The molecule has 0 spiro atoms. The Bertz CT molecular complexity index is 679. The zero-order valence-electron chi connectivity index (χ0n) is 10.7. The molecule has 4 nitrogen and oxygen atoms in total. The number of hydrogen-bond donors (Lipinski definition) is 1. The average molecular weight is 263 g/mol. The fourth-order valence-electron chi connectivity index (χ4n) is 1.83. The number of rotatable bonds is 3. The third kappa shape index (κ3) is 2.75. The highest BCUT2D eigenvalue weighted by Gasteiger charge is 2.01. The van der Waals surface area contributed by atoms with E-state index in [0.717, 1.165) is 5.56 Å². The molecule has 2 aromatic carbocycles. The number of nitrogens with two attached hydrogens (primary N) is 1. The normalized spacial score (nSPS) is 10.2. The first-order valence-electron chi connectivity index (χ1n) is 6.22. The van der Waals surface area contributed by atoms with Gasteiger partial charge in [0.05, 0.1) is 18.1 Å². The van der Waals surface area contributed by atoms with Crippen molar-refractivity contribution in [2.45, 2.75) is 0 Å². The Labute approximate surface area is 116 Å². The van der Waals surface area contributed by atoms with Crippen LogP contribution in [0.15, 0.2) is 67.0 Å². The van der Waals surface area contributed by atoms with E-state index in [1.807, 2.05) is 42.5 Å². The standard InChI is InChI=1S/C16H13N3O/c17-14-10-18-16(19-11-14)20-15-8-6-13(7-9-15)12-4-2-1-3-5-12/h1-11H,17H2. The molecular formula is C16H13N3O. The molecule has 0 bridgehead atoms. The molecule has 20 heavy (non-hydrogen) atoms. The molecule has 1 aromatic heterocycles.